The van der Waals surface area contributed by atoms with Crippen LogP contribution in [0.15, 0.2) is 140 Å². The number of anilines is 3. The van der Waals surface area contributed by atoms with Crippen molar-refractivity contribution in [1.82, 2.24) is 48.0 Å². The summed E-state index contributed by atoms with van der Waals surface area (Å²) < 4.78 is 82.5. The fraction of sp³-hybridized carbons (Fsp3) is 0.236. The SMILES string of the molecule is Cc1ccc(-c2cnc(NCc3c(F)ccc4c3CCO4)n3cc(C)nc23)cc1.Cc1cn2c(NCc3c(F)ccc4c3CCO4)ncc(-c3cccc(C(=O)O)c3)c2n1.[2H]C([2H])(c1ccc(-c2cnc(NCc3c(F)ccc4c3CCO4)n3cc(C)nc23)c(C)c1)N(C)C. The monoisotopic (exact) mass is 1250 g/mol. The number of hydrogen-bond donors (Lipinski definition) is 4. The molecule has 0 radical (unpaired) electrons. The van der Waals surface area contributed by atoms with Crippen molar-refractivity contribution in [3.63, 3.8) is 0 Å². The van der Waals surface area contributed by atoms with Gasteiger partial charge in [-0.2, -0.15) is 0 Å². The van der Waals surface area contributed by atoms with Crippen LogP contribution < -0.4 is 30.2 Å². The number of imidazole rings is 3. The van der Waals surface area contributed by atoms with Crippen LogP contribution in [0.3, 0.4) is 0 Å². The number of aryl methyl sites for hydroxylation is 5. The maximum absolute atomic E-state index is 14.6. The third-order valence-electron chi connectivity index (χ3n) is 16.6. The van der Waals surface area contributed by atoms with Crippen molar-refractivity contribution in [3.05, 3.63) is 230 Å². The van der Waals surface area contributed by atoms with Crippen molar-refractivity contribution < 1.29 is 40.0 Å². The number of benzene rings is 6. The molecule has 0 saturated heterocycles. The number of halogens is 3. The first-order valence-electron chi connectivity index (χ1n) is 31.5. The molecule has 0 bridgehead atoms. The van der Waals surface area contributed by atoms with Crippen LogP contribution in [-0.4, -0.2) is 93.0 Å². The summed E-state index contributed by atoms with van der Waals surface area (Å²) in [6, 6.07) is 29.9. The molecular formula is C72H68F3N13O5. The molecule has 0 atom stereocenters. The quantitative estimate of drug-likeness (QED) is 0.0756. The molecule has 12 aromatic rings. The van der Waals surface area contributed by atoms with Crippen LogP contribution in [0.2, 0.25) is 0 Å². The molecule has 3 aliphatic rings. The Morgan fingerprint density at radius 2 is 0.968 bits per heavy atom. The molecule has 0 spiro atoms. The van der Waals surface area contributed by atoms with Gasteiger partial charge in [0.15, 0.2) is 0 Å². The first kappa shape index (κ1) is 58.6. The summed E-state index contributed by atoms with van der Waals surface area (Å²) in [5, 5.41) is 19.1. The van der Waals surface area contributed by atoms with Gasteiger partial charge in [-0.1, -0.05) is 60.2 Å². The Hall–Kier alpha value is -10.8. The van der Waals surface area contributed by atoms with Crippen molar-refractivity contribution in [2.24, 2.45) is 0 Å². The third kappa shape index (κ3) is 12.6. The van der Waals surface area contributed by atoms with Gasteiger partial charge in [0.2, 0.25) is 17.8 Å². The second-order valence-corrected chi connectivity index (χ2v) is 23.4. The topological polar surface area (TPSA) is 195 Å². The molecule has 21 heteroatoms. The van der Waals surface area contributed by atoms with Gasteiger partial charge in [-0.25, -0.2) is 47.9 Å². The lowest BCUT2D eigenvalue weighted by Gasteiger charge is -2.15. The van der Waals surface area contributed by atoms with Crippen molar-refractivity contribution in [2.45, 2.75) is 80.0 Å². The second-order valence-electron chi connectivity index (χ2n) is 23.4. The molecule has 6 aromatic carbocycles. The van der Waals surface area contributed by atoms with Gasteiger partial charge in [-0.05, 0) is 125 Å². The molecule has 18 nitrogen and oxygen atoms in total. The molecule has 3 aliphatic heterocycles. The van der Waals surface area contributed by atoms with E-state index in [0.717, 1.165) is 96.6 Å². The number of ether oxygens (including phenoxy) is 3. The van der Waals surface area contributed by atoms with E-state index in [4.69, 9.17) is 26.9 Å². The van der Waals surface area contributed by atoms with E-state index in [9.17, 15) is 23.1 Å². The molecule has 0 unspecified atom stereocenters. The smallest absolute Gasteiger partial charge is 0.335 e. The van der Waals surface area contributed by atoms with E-state index in [0.29, 0.717) is 96.1 Å². The third-order valence-corrected chi connectivity index (χ3v) is 16.6. The molecule has 15 rings (SSSR count). The number of aromatic nitrogens is 9. The van der Waals surface area contributed by atoms with Crippen molar-refractivity contribution >= 4 is 40.8 Å². The first-order chi connectivity index (χ1) is 45.8. The van der Waals surface area contributed by atoms with E-state index in [2.05, 4.69) is 67.1 Å². The molecule has 4 N–H and O–H groups in total. The van der Waals surface area contributed by atoms with Crippen LogP contribution in [0.4, 0.5) is 31.0 Å². The number of carboxylic acid groups (broad SMARTS) is 1. The van der Waals surface area contributed by atoms with Crippen LogP contribution >= 0.6 is 0 Å². The molecule has 6 aromatic heterocycles. The number of rotatable bonds is 15. The highest BCUT2D eigenvalue weighted by atomic mass is 19.1. The Balaban J connectivity index is 0.000000130. The zero-order chi connectivity index (χ0) is 66.4. The Labute approximate surface area is 537 Å². The number of nitrogens with one attached hydrogen (secondary N) is 3. The highest BCUT2D eigenvalue weighted by Gasteiger charge is 2.25. The average molecular weight is 1250 g/mol. The van der Waals surface area contributed by atoms with E-state index >= 15 is 0 Å². The van der Waals surface area contributed by atoms with Crippen molar-refractivity contribution in [1.29, 1.82) is 0 Å². The minimum absolute atomic E-state index is 0.191. The number of fused-ring (bicyclic) bond motifs is 6. The van der Waals surface area contributed by atoms with Gasteiger partial charge in [-0.15, -0.1) is 0 Å². The predicted octanol–water partition coefficient (Wildman–Crippen LogP) is 13.5. The second kappa shape index (κ2) is 25.8. The van der Waals surface area contributed by atoms with Gasteiger partial charge in [-0.3, -0.25) is 13.2 Å². The highest BCUT2D eigenvalue weighted by molar-refractivity contribution is 5.91. The summed E-state index contributed by atoms with van der Waals surface area (Å²) in [7, 11) is 3.44. The first-order valence-corrected chi connectivity index (χ1v) is 30.5. The number of carboxylic acids is 1. The highest BCUT2D eigenvalue weighted by Crippen LogP contribution is 2.36. The molecule has 472 valence electrons. The van der Waals surface area contributed by atoms with Gasteiger partial charge in [0.25, 0.3) is 0 Å². The van der Waals surface area contributed by atoms with E-state index in [-0.39, 0.29) is 36.1 Å². The largest absolute Gasteiger partial charge is 0.493 e. The number of hydrogen-bond acceptors (Lipinski definition) is 14. The lowest BCUT2D eigenvalue weighted by Crippen LogP contribution is -2.11. The van der Waals surface area contributed by atoms with Crippen LogP contribution in [0.1, 0.15) is 80.3 Å². The van der Waals surface area contributed by atoms with Gasteiger partial charge in [0.1, 0.15) is 51.6 Å². The fourth-order valence-electron chi connectivity index (χ4n) is 12.1. The lowest BCUT2D eigenvalue weighted by molar-refractivity contribution is 0.0696. The van der Waals surface area contributed by atoms with Crippen molar-refractivity contribution in [2.75, 3.05) is 49.9 Å². The molecule has 0 aliphatic carbocycles. The van der Waals surface area contributed by atoms with Gasteiger partial charge in [0, 0.05) is 135 Å². The van der Waals surface area contributed by atoms with Crippen LogP contribution in [0.25, 0.3) is 50.3 Å². The number of aromatic carboxylic acids is 1. The Kier molecular flexibility index (Phi) is 16.3. The van der Waals surface area contributed by atoms with Gasteiger partial charge >= 0.3 is 5.97 Å². The molecular weight excluding hydrogens is 1180 g/mol. The summed E-state index contributed by atoms with van der Waals surface area (Å²) in [5.41, 5.74) is 17.4. The summed E-state index contributed by atoms with van der Waals surface area (Å²) in [5.74, 6) is 2.20. The lowest BCUT2D eigenvalue weighted by atomic mass is 10.00. The zero-order valence-electron chi connectivity index (χ0n) is 54.3. The minimum Gasteiger partial charge on any atom is -0.493 e. The summed E-state index contributed by atoms with van der Waals surface area (Å²) in [6.07, 6.45) is 13.0. The Morgan fingerprint density at radius 3 is 1.40 bits per heavy atom. The molecule has 93 heavy (non-hydrogen) atoms. The van der Waals surface area contributed by atoms with E-state index < -0.39 is 12.5 Å². The van der Waals surface area contributed by atoms with Crippen LogP contribution in [0.5, 0.6) is 17.2 Å². The summed E-state index contributed by atoms with van der Waals surface area (Å²) >= 11 is 0. The van der Waals surface area contributed by atoms with E-state index in [1.165, 1.54) is 23.8 Å². The zero-order valence-corrected chi connectivity index (χ0v) is 52.3. The Morgan fingerprint density at radius 1 is 0.538 bits per heavy atom. The molecule has 0 fully saturated rings. The Bertz CT molecular complexity index is 4960. The standard InChI is InChI=1S/C26H28FN5O.C23H19FN4O3.C23H21FN4O/c1-16-11-18(15-31(3)4)5-6-19(16)22-13-29-26(32-14-17(2)30-25(22)32)28-12-21-20-9-10-33-24(20)8-7-23(21)27;1-13-12-28-21(27-13)17(14-3-2-4-15(9-14)22(29)30)10-25-23(28)26-11-18-16-7-8-31-20(16)6-5-19(18)24;1-14-3-5-16(6-4-14)18-11-25-23(28-13-15(2)27-22(18)28)26-12-19-17-9-10-29-21(17)8-7-20(19)24/h5-8,11,13-14H,9-10,12,15H2,1-4H3,(H,28,29);2-6,9-10,12H,7-8,11H2,1H3,(H,25,26)(H,29,30);3-8,11,13H,9-10,12H2,1-2H3,(H,25,26)/i15D2;;. The molecule has 0 saturated carbocycles. The normalized spacial score (nSPS) is 13.2. The average Bonchev–Trinajstić information content (AvgIpc) is 1.74. The number of nitrogens with zero attached hydrogens (tertiary/aromatic N) is 10. The maximum Gasteiger partial charge on any atom is 0.335 e. The number of carbonyl (C=O) groups is 1. The maximum atomic E-state index is 14.6. The summed E-state index contributed by atoms with van der Waals surface area (Å²) in [4.78, 5) is 40.7. The summed E-state index contributed by atoms with van der Waals surface area (Å²) in [6.45, 7) is 10.8. The van der Waals surface area contributed by atoms with Gasteiger partial charge in [0.05, 0.1) is 42.5 Å². The molecule has 0 amide bonds. The van der Waals surface area contributed by atoms with Crippen LogP contribution in [0, 0.1) is 52.1 Å². The van der Waals surface area contributed by atoms with E-state index in [1.54, 1.807) is 72.2 Å². The van der Waals surface area contributed by atoms with Crippen LogP contribution in [-0.2, 0) is 45.4 Å². The minimum atomic E-state index is -1.58. The van der Waals surface area contributed by atoms with Gasteiger partial charge < -0.3 is 40.2 Å². The fourth-order valence-corrected chi connectivity index (χ4v) is 12.1. The van der Waals surface area contributed by atoms with E-state index in [1.807, 2.05) is 85.5 Å². The predicted molar refractivity (Wildman–Crippen MR) is 352 cm³/mol. The molecule has 9 heterocycles. The van der Waals surface area contributed by atoms with Crippen molar-refractivity contribution in [3.8, 4) is 50.6 Å².